The van der Waals surface area contributed by atoms with Gasteiger partial charge in [-0.3, -0.25) is 0 Å². The molecule has 0 amide bonds. The van der Waals surface area contributed by atoms with Crippen LogP contribution < -0.4 is 5.32 Å². The van der Waals surface area contributed by atoms with Gasteiger partial charge in [-0.2, -0.15) is 0 Å². The molecule has 1 rings (SSSR count). The van der Waals surface area contributed by atoms with Gasteiger partial charge in [0.15, 0.2) is 0 Å². The van der Waals surface area contributed by atoms with Crippen molar-refractivity contribution in [2.45, 2.75) is 19.9 Å². The number of aryl methyl sites for hydroxylation is 1. The summed E-state index contributed by atoms with van der Waals surface area (Å²) in [6.07, 6.45) is 1.89. The standard InChI is InChI=1S/C10H18N2O2S/c1-8-7-12-10(15-8)9(2)11-3-5-14-6-4-13/h7,9,11,13H,3-6H2,1-2H3. The molecular formula is C10H18N2O2S. The number of nitrogens with zero attached hydrogens (tertiary/aromatic N) is 1. The highest BCUT2D eigenvalue weighted by molar-refractivity contribution is 7.11. The minimum Gasteiger partial charge on any atom is -0.394 e. The maximum absolute atomic E-state index is 8.50. The summed E-state index contributed by atoms with van der Waals surface area (Å²) in [5.41, 5.74) is 0. The third kappa shape index (κ3) is 4.70. The lowest BCUT2D eigenvalue weighted by atomic mass is 10.3. The molecule has 5 heteroatoms. The van der Waals surface area contributed by atoms with Crippen LogP contribution in [0.3, 0.4) is 0 Å². The van der Waals surface area contributed by atoms with Crippen LogP contribution in [0.1, 0.15) is 22.9 Å². The van der Waals surface area contributed by atoms with Gasteiger partial charge in [0.1, 0.15) is 5.01 Å². The van der Waals surface area contributed by atoms with Crippen LogP contribution in [0.15, 0.2) is 6.20 Å². The van der Waals surface area contributed by atoms with Crippen molar-refractivity contribution in [1.29, 1.82) is 0 Å². The first-order valence-electron chi connectivity index (χ1n) is 5.08. The molecular weight excluding hydrogens is 212 g/mol. The van der Waals surface area contributed by atoms with Gasteiger partial charge in [-0.1, -0.05) is 0 Å². The highest BCUT2D eigenvalue weighted by Crippen LogP contribution is 2.18. The lowest BCUT2D eigenvalue weighted by molar-refractivity contribution is 0.0928. The summed E-state index contributed by atoms with van der Waals surface area (Å²) in [5, 5.41) is 12.9. The third-order valence-electron chi connectivity index (χ3n) is 1.94. The quantitative estimate of drug-likeness (QED) is 0.689. The molecule has 86 valence electrons. The van der Waals surface area contributed by atoms with E-state index in [2.05, 4.69) is 24.1 Å². The van der Waals surface area contributed by atoms with E-state index in [1.165, 1.54) is 4.88 Å². The van der Waals surface area contributed by atoms with Gasteiger partial charge in [0.05, 0.1) is 25.9 Å². The van der Waals surface area contributed by atoms with Crippen molar-refractivity contribution in [2.75, 3.05) is 26.4 Å². The van der Waals surface area contributed by atoms with Crippen LogP contribution in [-0.4, -0.2) is 36.5 Å². The SMILES string of the molecule is Cc1cnc(C(C)NCCOCCO)s1. The molecule has 1 atom stereocenters. The summed E-state index contributed by atoms with van der Waals surface area (Å²) in [6.45, 7) is 6.03. The van der Waals surface area contributed by atoms with Crippen LogP contribution in [-0.2, 0) is 4.74 Å². The van der Waals surface area contributed by atoms with Crippen molar-refractivity contribution in [2.24, 2.45) is 0 Å². The fourth-order valence-corrected chi connectivity index (χ4v) is 1.97. The Morgan fingerprint density at radius 3 is 3.00 bits per heavy atom. The lowest BCUT2D eigenvalue weighted by Gasteiger charge is -2.10. The van der Waals surface area contributed by atoms with Gasteiger partial charge in [0.25, 0.3) is 0 Å². The number of aliphatic hydroxyl groups is 1. The van der Waals surface area contributed by atoms with Crippen molar-refractivity contribution >= 4 is 11.3 Å². The zero-order chi connectivity index (χ0) is 11.1. The van der Waals surface area contributed by atoms with Gasteiger partial charge in [-0.15, -0.1) is 11.3 Å². The highest BCUT2D eigenvalue weighted by Gasteiger charge is 2.07. The summed E-state index contributed by atoms with van der Waals surface area (Å²) in [5.74, 6) is 0. The fraction of sp³-hybridized carbons (Fsp3) is 0.700. The Kier molecular flexibility index (Phi) is 5.78. The van der Waals surface area contributed by atoms with E-state index in [1.807, 2.05) is 6.20 Å². The van der Waals surface area contributed by atoms with E-state index in [-0.39, 0.29) is 12.6 Å². The molecule has 1 aromatic rings. The molecule has 0 bridgehead atoms. The van der Waals surface area contributed by atoms with Gasteiger partial charge < -0.3 is 15.2 Å². The van der Waals surface area contributed by atoms with E-state index in [4.69, 9.17) is 9.84 Å². The molecule has 1 aromatic heterocycles. The molecule has 2 N–H and O–H groups in total. The Morgan fingerprint density at radius 2 is 2.40 bits per heavy atom. The Hall–Kier alpha value is -0.490. The largest absolute Gasteiger partial charge is 0.394 e. The second kappa shape index (κ2) is 6.90. The van der Waals surface area contributed by atoms with E-state index in [0.717, 1.165) is 11.6 Å². The zero-order valence-corrected chi connectivity index (χ0v) is 10.0. The summed E-state index contributed by atoms with van der Waals surface area (Å²) in [7, 11) is 0. The Bertz CT molecular complexity index is 278. The molecule has 0 spiro atoms. The first kappa shape index (κ1) is 12.6. The number of aliphatic hydroxyl groups excluding tert-OH is 1. The number of thiazole rings is 1. The van der Waals surface area contributed by atoms with Gasteiger partial charge in [-0.05, 0) is 13.8 Å². The average Bonchev–Trinajstić information content (AvgIpc) is 2.64. The fourth-order valence-electron chi connectivity index (χ4n) is 1.17. The topological polar surface area (TPSA) is 54.4 Å². The van der Waals surface area contributed by atoms with Crippen molar-refractivity contribution < 1.29 is 9.84 Å². The molecule has 0 saturated carbocycles. The van der Waals surface area contributed by atoms with E-state index in [0.29, 0.717) is 13.2 Å². The second-order valence-electron chi connectivity index (χ2n) is 3.32. The number of rotatable bonds is 7. The van der Waals surface area contributed by atoms with E-state index < -0.39 is 0 Å². The van der Waals surface area contributed by atoms with Crippen molar-refractivity contribution in [3.63, 3.8) is 0 Å². The van der Waals surface area contributed by atoms with Crippen LogP contribution in [0, 0.1) is 6.92 Å². The maximum atomic E-state index is 8.50. The number of hydrogen-bond acceptors (Lipinski definition) is 5. The Labute approximate surface area is 94.3 Å². The predicted octanol–water partition coefficient (Wildman–Crippen LogP) is 1.11. The maximum Gasteiger partial charge on any atom is 0.109 e. The third-order valence-corrected chi connectivity index (χ3v) is 3.04. The first-order chi connectivity index (χ1) is 7.24. The van der Waals surface area contributed by atoms with Crippen LogP contribution in [0.5, 0.6) is 0 Å². The predicted molar refractivity (Wildman–Crippen MR) is 61.2 cm³/mol. The minimum absolute atomic E-state index is 0.0846. The average molecular weight is 230 g/mol. The molecule has 0 fully saturated rings. The van der Waals surface area contributed by atoms with Crippen LogP contribution in [0.25, 0.3) is 0 Å². The van der Waals surface area contributed by atoms with Crippen molar-refractivity contribution in [3.8, 4) is 0 Å². The number of nitrogens with one attached hydrogen (secondary N) is 1. The summed E-state index contributed by atoms with van der Waals surface area (Å²) >= 11 is 1.71. The van der Waals surface area contributed by atoms with Gasteiger partial charge >= 0.3 is 0 Å². The normalized spacial score (nSPS) is 13.0. The molecule has 0 aromatic carbocycles. The Morgan fingerprint density at radius 1 is 1.60 bits per heavy atom. The van der Waals surface area contributed by atoms with Crippen molar-refractivity contribution in [3.05, 3.63) is 16.1 Å². The van der Waals surface area contributed by atoms with Crippen molar-refractivity contribution in [1.82, 2.24) is 10.3 Å². The number of hydrogen-bond donors (Lipinski definition) is 2. The lowest BCUT2D eigenvalue weighted by Crippen LogP contribution is -2.23. The van der Waals surface area contributed by atoms with Gasteiger partial charge in [-0.25, -0.2) is 4.98 Å². The van der Waals surface area contributed by atoms with Crippen LogP contribution in [0.4, 0.5) is 0 Å². The van der Waals surface area contributed by atoms with Gasteiger partial charge in [0, 0.05) is 17.6 Å². The monoisotopic (exact) mass is 230 g/mol. The van der Waals surface area contributed by atoms with Gasteiger partial charge in [0.2, 0.25) is 0 Å². The number of ether oxygens (including phenoxy) is 1. The Balaban J connectivity index is 2.16. The molecule has 0 aliphatic carbocycles. The van der Waals surface area contributed by atoms with Crippen LogP contribution >= 0.6 is 11.3 Å². The molecule has 0 aliphatic heterocycles. The van der Waals surface area contributed by atoms with Crippen LogP contribution in [0.2, 0.25) is 0 Å². The second-order valence-corrected chi connectivity index (χ2v) is 4.59. The summed E-state index contributed by atoms with van der Waals surface area (Å²) in [6, 6.07) is 0.265. The van der Waals surface area contributed by atoms with E-state index >= 15 is 0 Å². The molecule has 4 nitrogen and oxygen atoms in total. The summed E-state index contributed by atoms with van der Waals surface area (Å²) in [4.78, 5) is 5.54. The molecule has 0 radical (unpaired) electrons. The number of aromatic nitrogens is 1. The molecule has 15 heavy (non-hydrogen) atoms. The van der Waals surface area contributed by atoms with E-state index in [9.17, 15) is 0 Å². The first-order valence-corrected chi connectivity index (χ1v) is 5.90. The smallest absolute Gasteiger partial charge is 0.109 e. The molecule has 0 aliphatic rings. The zero-order valence-electron chi connectivity index (χ0n) is 9.19. The molecule has 0 saturated heterocycles. The highest BCUT2D eigenvalue weighted by atomic mass is 32.1. The minimum atomic E-state index is 0.0846. The van der Waals surface area contributed by atoms with E-state index in [1.54, 1.807) is 11.3 Å². The molecule has 1 unspecified atom stereocenters. The molecule has 1 heterocycles. The summed E-state index contributed by atoms with van der Waals surface area (Å²) < 4.78 is 5.14.